The van der Waals surface area contributed by atoms with Crippen molar-refractivity contribution in [3.05, 3.63) is 45.1 Å². The number of aromatic amines is 1. The number of hydrogen-bond donors (Lipinski definition) is 1. The van der Waals surface area contributed by atoms with Crippen LogP contribution in [0.25, 0.3) is 10.9 Å². The Morgan fingerprint density at radius 3 is 2.80 bits per heavy atom. The summed E-state index contributed by atoms with van der Waals surface area (Å²) in [7, 11) is 0. The highest BCUT2D eigenvalue weighted by atomic mass is 16.5. The molecule has 0 saturated heterocycles. The fourth-order valence-corrected chi connectivity index (χ4v) is 2.08. The molecule has 1 N–H and O–H groups in total. The Balaban J connectivity index is 2.24. The van der Waals surface area contributed by atoms with Crippen molar-refractivity contribution in [2.45, 2.75) is 26.3 Å². The molecule has 106 valence electrons. The van der Waals surface area contributed by atoms with Crippen LogP contribution < -0.4 is 11.2 Å². The molecule has 6 nitrogen and oxygen atoms in total. The zero-order valence-electron chi connectivity index (χ0n) is 11.2. The van der Waals surface area contributed by atoms with Crippen molar-refractivity contribution >= 4 is 16.9 Å². The number of esters is 1. The van der Waals surface area contributed by atoms with Crippen LogP contribution in [-0.4, -0.2) is 22.1 Å². The van der Waals surface area contributed by atoms with Gasteiger partial charge in [-0.05, 0) is 25.5 Å². The molecule has 20 heavy (non-hydrogen) atoms. The van der Waals surface area contributed by atoms with Crippen LogP contribution in [0, 0.1) is 0 Å². The average Bonchev–Trinajstić information content (AvgIpc) is 2.43. The van der Waals surface area contributed by atoms with Gasteiger partial charge in [0.1, 0.15) is 0 Å². The minimum absolute atomic E-state index is 0.244. The second-order valence-corrected chi connectivity index (χ2v) is 4.34. The van der Waals surface area contributed by atoms with Gasteiger partial charge < -0.3 is 4.74 Å². The molecule has 0 amide bonds. The first-order valence-corrected chi connectivity index (χ1v) is 6.51. The predicted octanol–water partition coefficient (Wildman–Crippen LogP) is 1.03. The fourth-order valence-electron chi connectivity index (χ4n) is 2.08. The van der Waals surface area contributed by atoms with E-state index in [-0.39, 0.29) is 12.4 Å². The highest BCUT2D eigenvalue weighted by Crippen LogP contribution is 2.07. The Morgan fingerprint density at radius 1 is 1.30 bits per heavy atom. The van der Waals surface area contributed by atoms with Crippen molar-refractivity contribution in [1.29, 1.82) is 0 Å². The molecule has 2 aromatic rings. The van der Waals surface area contributed by atoms with Gasteiger partial charge in [0.05, 0.1) is 17.5 Å². The number of aryl methyl sites for hydroxylation is 1. The topological polar surface area (TPSA) is 81.2 Å². The van der Waals surface area contributed by atoms with Crippen molar-refractivity contribution in [2.24, 2.45) is 0 Å². The fraction of sp³-hybridized carbons (Fsp3) is 0.357. The standard InChI is InChI=1S/C14H16N2O4/c1-2-20-12(17)8-5-9-16-11-7-4-3-6-10(11)13(18)15-14(16)19/h3-4,6-7H,2,5,8-9H2,1H3,(H,15,18,19). The number of H-pyrrole nitrogens is 1. The van der Waals surface area contributed by atoms with E-state index in [4.69, 9.17) is 4.74 Å². The number of benzene rings is 1. The third kappa shape index (κ3) is 2.96. The summed E-state index contributed by atoms with van der Waals surface area (Å²) in [6, 6.07) is 6.89. The normalized spacial score (nSPS) is 10.7. The summed E-state index contributed by atoms with van der Waals surface area (Å²) >= 11 is 0. The highest BCUT2D eigenvalue weighted by molar-refractivity contribution is 5.77. The lowest BCUT2D eigenvalue weighted by Crippen LogP contribution is -2.30. The average molecular weight is 276 g/mol. The van der Waals surface area contributed by atoms with E-state index in [0.717, 1.165) is 0 Å². The Labute approximate surface area is 115 Å². The molecule has 2 rings (SSSR count). The van der Waals surface area contributed by atoms with Crippen LogP contribution in [0.2, 0.25) is 0 Å². The zero-order chi connectivity index (χ0) is 14.5. The molecule has 0 radical (unpaired) electrons. The van der Waals surface area contributed by atoms with Crippen LogP contribution in [0.5, 0.6) is 0 Å². The maximum atomic E-state index is 11.8. The largest absolute Gasteiger partial charge is 0.466 e. The molecule has 0 fully saturated rings. The van der Waals surface area contributed by atoms with Gasteiger partial charge >= 0.3 is 11.7 Å². The number of carbonyl (C=O) groups excluding carboxylic acids is 1. The number of para-hydroxylation sites is 1. The molecule has 1 aromatic heterocycles. The second-order valence-electron chi connectivity index (χ2n) is 4.34. The van der Waals surface area contributed by atoms with Gasteiger partial charge in [0.2, 0.25) is 0 Å². The van der Waals surface area contributed by atoms with Gasteiger partial charge in [-0.15, -0.1) is 0 Å². The molecule has 0 bridgehead atoms. The molecule has 0 aliphatic rings. The third-order valence-electron chi connectivity index (χ3n) is 2.97. The zero-order valence-corrected chi connectivity index (χ0v) is 11.2. The maximum Gasteiger partial charge on any atom is 0.328 e. The molecule has 6 heteroatoms. The molecule has 0 unspecified atom stereocenters. The van der Waals surface area contributed by atoms with Crippen LogP contribution in [0.4, 0.5) is 0 Å². The first-order chi connectivity index (χ1) is 9.63. The molecule has 0 saturated carbocycles. The Hall–Kier alpha value is -2.37. The Kier molecular flexibility index (Phi) is 4.34. The lowest BCUT2D eigenvalue weighted by atomic mass is 10.2. The van der Waals surface area contributed by atoms with Gasteiger partial charge in [-0.1, -0.05) is 12.1 Å². The first kappa shape index (κ1) is 14.0. The molecule has 1 heterocycles. The second kappa shape index (κ2) is 6.18. The van der Waals surface area contributed by atoms with Crippen LogP contribution >= 0.6 is 0 Å². The van der Waals surface area contributed by atoms with Crippen LogP contribution in [0.3, 0.4) is 0 Å². The number of carbonyl (C=O) groups is 1. The third-order valence-corrected chi connectivity index (χ3v) is 2.97. The molecule has 0 spiro atoms. The van der Waals surface area contributed by atoms with E-state index in [1.807, 2.05) is 0 Å². The number of nitrogens with zero attached hydrogens (tertiary/aromatic N) is 1. The lowest BCUT2D eigenvalue weighted by molar-refractivity contribution is -0.143. The minimum atomic E-state index is -0.461. The summed E-state index contributed by atoms with van der Waals surface area (Å²) < 4.78 is 6.30. The van der Waals surface area contributed by atoms with E-state index >= 15 is 0 Å². The van der Waals surface area contributed by atoms with E-state index in [1.54, 1.807) is 31.2 Å². The smallest absolute Gasteiger partial charge is 0.328 e. The Morgan fingerprint density at radius 2 is 2.05 bits per heavy atom. The molecular weight excluding hydrogens is 260 g/mol. The van der Waals surface area contributed by atoms with Crippen molar-refractivity contribution in [3.63, 3.8) is 0 Å². The minimum Gasteiger partial charge on any atom is -0.466 e. The molecule has 1 aromatic carbocycles. The van der Waals surface area contributed by atoms with E-state index < -0.39 is 11.2 Å². The van der Waals surface area contributed by atoms with Gasteiger partial charge in [0.15, 0.2) is 0 Å². The van der Waals surface area contributed by atoms with Crippen molar-refractivity contribution in [2.75, 3.05) is 6.61 Å². The van der Waals surface area contributed by atoms with E-state index in [9.17, 15) is 14.4 Å². The monoisotopic (exact) mass is 276 g/mol. The van der Waals surface area contributed by atoms with Crippen molar-refractivity contribution in [1.82, 2.24) is 9.55 Å². The van der Waals surface area contributed by atoms with Gasteiger partial charge in [0.25, 0.3) is 5.56 Å². The maximum absolute atomic E-state index is 11.8. The summed E-state index contributed by atoms with van der Waals surface area (Å²) in [4.78, 5) is 37.1. The van der Waals surface area contributed by atoms with Gasteiger partial charge in [-0.25, -0.2) is 4.79 Å². The van der Waals surface area contributed by atoms with Crippen molar-refractivity contribution < 1.29 is 9.53 Å². The SMILES string of the molecule is CCOC(=O)CCCn1c(=O)[nH]c(=O)c2ccccc21. The summed E-state index contributed by atoms with van der Waals surface area (Å²) in [5.74, 6) is -0.283. The van der Waals surface area contributed by atoms with E-state index in [2.05, 4.69) is 4.98 Å². The summed E-state index contributed by atoms with van der Waals surface area (Å²) in [6.07, 6.45) is 0.725. The van der Waals surface area contributed by atoms with Crippen LogP contribution in [0.15, 0.2) is 33.9 Å². The van der Waals surface area contributed by atoms with Gasteiger partial charge in [0, 0.05) is 13.0 Å². The molecule has 0 aliphatic heterocycles. The van der Waals surface area contributed by atoms with E-state index in [1.165, 1.54) is 4.57 Å². The molecular formula is C14H16N2O4. The number of ether oxygens (including phenoxy) is 1. The quantitative estimate of drug-likeness (QED) is 0.827. The highest BCUT2D eigenvalue weighted by Gasteiger charge is 2.08. The predicted molar refractivity (Wildman–Crippen MR) is 74.7 cm³/mol. The van der Waals surface area contributed by atoms with Gasteiger partial charge in [-0.2, -0.15) is 0 Å². The number of fused-ring (bicyclic) bond motifs is 1. The van der Waals surface area contributed by atoms with Crippen LogP contribution in [0.1, 0.15) is 19.8 Å². The number of hydrogen-bond acceptors (Lipinski definition) is 4. The summed E-state index contributed by atoms with van der Waals surface area (Å²) in [6.45, 7) is 2.45. The Bertz CT molecular complexity index is 730. The molecule has 0 aliphatic carbocycles. The van der Waals surface area contributed by atoms with Crippen LogP contribution in [-0.2, 0) is 16.1 Å². The molecule has 0 atom stereocenters. The summed E-state index contributed by atoms with van der Waals surface area (Å²) in [5, 5.41) is 0.461. The number of nitrogens with one attached hydrogen (secondary N) is 1. The van der Waals surface area contributed by atoms with Crippen molar-refractivity contribution in [3.8, 4) is 0 Å². The van der Waals surface area contributed by atoms with E-state index in [0.29, 0.717) is 30.5 Å². The lowest BCUT2D eigenvalue weighted by Gasteiger charge is -2.08. The summed E-state index contributed by atoms with van der Waals surface area (Å²) in [5.41, 5.74) is -0.282. The number of rotatable bonds is 5. The number of aromatic nitrogens is 2. The van der Waals surface area contributed by atoms with Gasteiger partial charge in [-0.3, -0.25) is 19.1 Å². The first-order valence-electron chi connectivity index (χ1n) is 6.51.